The monoisotopic (exact) mass is 299 g/mol. The fourth-order valence-electron chi connectivity index (χ4n) is 2.40. The van der Waals surface area contributed by atoms with Gasteiger partial charge in [0.15, 0.2) is 0 Å². The molecule has 1 aromatic carbocycles. The van der Waals surface area contributed by atoms with Gasteiger partial charge in [0, 0.05) is 11.1 Å². The minimum atomic E-state index is -0.678. The molecule has 0 fully saturated rings. The number of benzene rings is 1. The lowest BCUT2D eigenvalue weighted by molar-refractivity contribution is -0.155. The third-order valence-electron chi connectivity index (χ3n) is 3.11. The lowest BCUT2D eigenvalue weighted by Gasteiger charge is -2.20. The standard InChI is InChI=1S/C16H17N3O3/c1-16(2,3)22-12(20)7-11-13-9(8-17)5-4-6-10(13)14(19-11)15(18)21/h4-6,11H,7H2,1-3H3,(H2,18,21). The van der Waals surface area contributed by atoms with Crippen molar-refractivity contribution in [3.8, 4) is 6.07 Å². The summed E-state index contributed by atoms with van der Waals surface area (Å²) in [7, 11) is 0. The van der Waals surface area contributed by atoms with Crippen molar-refractivity contribution < 1.29 is 14.3 Å². The van der Waals surface area contributed by atoms with Crippen LogP contribution in [0.1, 0.15) is 49.9 Å². The fraction of sp³-hybridized carbons (Fsp3) is 0.375. The molecule has 1 aromatic rings. The van der Waals surface area contributed by atoms with Gasteiger partial charge in [-0.1, -0.05) is 12.1 Å². The highest BCUT2D eigenvalue weighted by molar-refractivity contribution is 6.46. The first-order valence-corrected chi connectivity index (χ1v) is 6.86. The predicted octanol–water partition coefficient (Wildman–Crippen LogP) is 1.62. The van der Waals surface area contributed by atoms with Crippen molar-refractivity contribution in [3.63, 3.8) is 0 Å². The zero-order valence-corrected chi connectivity index (χ0v) is 12.7. The van der Waals surface area contributed by atoms with Crippen LogP contribution < -0.4 is 5.73 Å². The number of rotatable bonds is 3. The van der Waals surface area contributed by atoms with E-state index in [1.54, 1.807) is 39.0 Å². The van der Waals surface area contributed by atoms with E-state index in [0.717, 1.165) is 0 Å². The van der Waals surface area contributed by atoms with E-state index >= 15 is 0 Å². The lowest BCUT2D eigenvalue weighted by atomic mass is 9.94. The SMILES string of the molecule is CC(C)(C)OC(=O)CC1N=C(C(N)=O)c2cccc(C#N)c21. The first-order chi connectivity index (χ1) is 10.2. The molecule has 1 unspecified atom stereocenters. The number of fused-ring (bicyclic) bond motifs is 1. The summed E-state index contributed by atoms with van der Waals surface area (Å²) < 4.78 is 5.28. The number of primary amides is 1. The molecule has 6 nitrogen and oxygen atoms in total. The molecular weight excluding hydrogens is 282 g/mol. The van der Waals surface area contributed by atoms with E-state index in [1.807, 2.05) is 0 Å². The highest BCUT2D eigenvalue weighted by Crippen LogP contribution is 2.35. The molecule has 1 heterocycles. The molecule has 0 spiro atoms. The molecule has 0 saturated carbocycles. The van der Waals surface area contributed by atoms with Gasteiger partial charge in [-0.2, -0.15) is 5.26 Å². The Balaban J connectivity index is 2.37. The Morgan fingerprint density at radius 3 is 2.64 bits per heavy atom. The van der Waals surface area contributed by atoms with E-state index in [4.69, 9.17) is 10.5 Å². The second kappa shape index (κ2) is 5.60. The maximum atomic E-state index is 12.0. The third-order valence-corrected chi connectivity index (χ3v) is 3.11. The minimum Gasteiger partial charge on any atom is -0.460 e. The Morgan fingerprint density at radius 1 is 1.41 bits per heavy atom. The molecule has 1 amide bonds. The summed E-state index contributed by atoms with van der Waals surface area (Å²) in [5, 5.41) is 9.23. The summed E-state index contributed by atoms with van der Waals surface area (Å²) in [6.45, 7) is 5.31. The van der Waals surface area contributed by atoms with Crippen LogP contribution in [0.5, 0.6) is 0 Å². The highest BCUT2D eigenvalue weighted by atomic mass is 16.6. The van der Waals surface area contributed by atoms with Gasteiger partial charge in [-0.15, -0.1) is 0 Å². The van der Waals surface area contributed by atoms with Crippen LogP contribution in [-0.2, 0) is 14.3 Å². The van der Waals surface area contributed by atoms with Crippen molar-refractivity contribution in [2.75, 3.05) is 0 Å². The van der Waals surface area contributed by atoms with Crippen LogP contribution in [0.25, 0.3) is 0 Å². The second-order valence-corrected chi connectivity index (χ2v) is 6.03. The fourth-order valence-corrected chi connectivity index (χ4v) is 2.40. The third kappa shape index (κ3) is 3.14. The van der Waals surface area contributed by atoms with Gasteiger partial charge < -0.3 is 10.5 Å². The van der Waals surface area contributed by atoms with Gasteiger partial charge in [-0.3, -0.25) is 14.6 Å². The Kier molecular flexibility index (Phi) is 4.00. The van der Waals surface area contributed by atoms with Gasteiger partial charge in [0.25, 0.3) is 5.91 Å². The normalized spacial score (nSPS) is 16.5. The predicted molar refractivity (Wildman–Crippen MR) is 80.1 cm³/mol. The molecule has 2 rings (SSSR count). The average molecular weight is 299 g/mol. The van der Waals surface area contributed by atoms with Gasteiger partial charge in [0.05, 0.1) is 24.1 Å². The van der Waals surface area contributed by atoms with Crippen LogP contribution in [0.15, 0.2) is 23.2 Å². The smallest absolute Gasteiger partial charge is 0.308 e. The van der Waals surface area contributed by atoms with Gasteiger partial charge in [-0.25, -0.2) is 0 Å². The number of esters is 1. The molecule has 1 atom stereocenters. The summed E-state index contributed by atoms with van der Waals surface area (Å²) in [5.41, 5.74) is 6.27. The Morgan fingerprint density at radius 2 is 2.09 bits per heavy atom. The molecule has 22 heavy (non-hydrogen) atoms. The van der Waals surface area contributed by atoms with E-state index < -0.39 is 23.5 Å². The van der Waals surface area contributed by atoms with Crippen molar-refractivity contribution in [1.29, 1.82) is 5.26 Å². The number of carbonyl (C=O) groups is 2. The molecule has 114 valence electrons. The van der Waals surface area contributed by atoms with Crippen molar-refractivity contribution in [2.45, 2.75) is 38.8 Å². The molecule has 0 aromatic heterocycles. The van der Waals surface area contributed by atoms with Crippen molar-refractivity contribution in [2.24, 2.45) is 10.7 Å². The summed E-state index contributed by atoms with van der Waals surface area (Å²) in [6.07, 6.45) is -0.0419. The largest absolute Gasteiger partial charge is 0.460 e. The molecule has 0 bridgehead atoms. The summed E-state index contributed by atoms with van der Waals surface area (Å²) in [4.78, 5) is 27.8. The average Bonchev–Trinajstić information content (AvgIpc) is 2.75. The maximum absolute atomic E-state index is 12.0. The highest BCUT2D eigenvalue weighted by Gasteiger charge is 2.32. The molecule has 0 saturated heterocycles. The number of hydrogen-bond acceptors (Lipinski definition) is 5. The molecule has 6 heteroatoms. The zero-order valence-electron chi connectivity index (χ0n) is 12.7. The van der Waals surface area contributed by atoms with E-state index in [1.165, 1.54) is 0 Å². The maximum Gasteiger partial charge on any atom is 0.308 e. The molecular formula is C16H17N3O3. The number of amides is 1. The number of hydrogen-bond donors (Lipinski definition) is 1. The number of aliphatic imine (C=N–C) groups is 1. The number of nitriles is 1. The van der Waals surface area contributed by atoms with Crippen LogP contribution >= 0.6 is 0 Å². The van der Waals surface area contributed by atoms with Gasteiger partial charge in [0.1, 0.15) is 11.3 Å². The van der Waals surface area contributed by atoms with E-state index in [0.29, 0.717) is 16.7 Å². The Bertz CT molecular complexity index is 708. The van der Waals surface area contributed by atoms with Crippen molar-refractivity contribution in [1.82, 2.24) is 0 Å². The van der Waals surface area contributed by atoms with E-state index in [2.05, 4.69) is 11.1 Å². The van der Waals surface area contributed by atoms with Crippen molar-refractivity contribution >= 4 is 17.6 Å². The van der Waals surface area contributed by atoms with Crippen LogP contribution in [0.2, 0.25) is 0 Å². The zero-order chi connectivity index (χ0) is 16.5. The summed E-state index contributed by atoms with van der Waals surface area (Å²) >= 11 is 0. The first kappa shape index (κ1) is 15.7. The minimum absolute atomic E-state index is 0.0419. The van der Waals surface area contributed by atoms with E-state index in [-0.39, 0.29) is 12.1 Å². The van der Waals surface area contributed by atoms with Crippen LogP contribution in [0, 0.1) is 11.3 Å². The number of nitrogens with zero attached hydrogens (tertiary/aromatic N) is 2. The summed E-state index contributed by atoms with van der Waals surface area (Å²) in [6, 6.07) is 6.40. The van der Waals surface area contributed by atoms with Gasteiger partial charge in [0.2, 0.25) is 0 Å². The quantitative estimate of drug-likeness (QED) is 0.856. The Labute approximate surface area is 128 Å². The van der Waals surface area contributed by atoms with E-state index in [9.17, 15) is 14.9 Å². The number of carbonyl (C=O) groups excluding carboxylic acids is 2. The molecule has 0 aliphatic carbocycles. The van der Waals surface area contributed by atoms with Crippen molar-refractivity contribution in [3.05, 3.63) is 34.9 Å². The van der Waals surface area contributed by atoms with Crippen LogP contribution in [-0.4, -0.2) is 23.2 Å². The molecule has 1 aliphatic heterocycles. The lowest BCUT2D eigenvalue weighted by Crippen LogP contribution is -2.24. The van der Waals surface area contributed by atoms with Gasteiger partial charge in [-0.05, 0) is 26.8 Å². The number of ether oxygens (including phenoxy) is 1. The molecule has 0 radical (unpaired) electrons. The number of nitrogens with two attached hydrogens (primary N) is 1. The van der Waals surface area contributed by atoms with Gasteiger partial charge >= 0.3 is 5.97 Å². The molecule has 1 aliphatic rings. The Hall–Kier alpha value is -2.68. The topological polar surface area (TPSA) is 106 Å². The first-order valence-electron chi connectivity index (χ1n) is 6.86. The van der Waals surface area contributed by atoms with Crippen LogP contribution in [0.4, 0.5) is 0 Å². The second-order valence-electron chi connectivity index (χ2n) is 6.03. The summed E-state index contributed by atoms with van der Waals surface area (Å²) in [5.74, 6) is -1.12. The molecule has 2 N–H and O–H groups in total. The van der Waals surface area contributed by atoms with Crippen LogP contribution in [0.3, 0.4) is 0 Å².